The predicted octanol–water partition coefficient (Wildman–Crippen LogP) is 9.39. The van der Waals surface area contributed by atoms with Crippen molar-refractivity contribution >= 4 is 8.32 Å². The lowest BCUT2D eigenvalue weighted by molar-refractivity contribution is -0.0806. The van der Waals surface area contributed by atoms with Gasteiger partial charge in [0.25, 0.3) is 0 Å². The molecular formula is C33H60O2Si. The maximum absolute atomic E-state index is 11.6. The van der Waals surface area contributed by atoms with Crippen molar-refractivity contribution in [1.82, 2.24) is 0 Å². The van der Waals surface area contributed by atoms with Crippen molar-refractivity contribution in [2.45, 2.75) is 150 Å². The summed E-state index contributed by atoms with van der Waals surface area (Å²) in [4.78, 5) is 0. The lowest BCUT2D eigenvalue weighted by atomic mass is 9.47. The van der Waals surface area contributed by atoms with Gasteiger partial charge in [-0.2, -0.15) is 0 Å². The molecule has 9 atom stereocenters. The predicted molar refractivity (Wildman–Crippen MR) is 157 cm³/mol. The molecule has 208 valence electrons. The molecule has 4 rings (SSSR count). The van der Waals surface area contributed by atoms with Crippen molar-refractivity contribution in [3.63, 3.8) is 0 Å². The van der Waals surface area contributed by atoms with E-state index >= 15 is 0 Å². The molecule has 0 spiro atoms. The van der Waals surface area contributed by atoms with Crippen molar-refractivity contribution in [3.8, 4) is 0 Å². The van der Waals surface area contributed by atoms with E-state index in [1.165, 1.54) is 75.9 Å². The first kappa shape index (κ1) is 28.9. The Bertz CT molecular complexity index is 763. The zero-order valence-electron chi connectivity index (χ0n) is 25.2. The molecule has 4 aliphatic rings. The number of fused-ring (bicyclic) bond motifs is 5. The molecule has 1 N–H and O–H groups in total. The van der Waals surface area contributed by atoms with E-state index in [-0.39, 0.29) is 11.5 Å². The van der Waals surface area contributed by atoms with Crippen molar-refractivity contribution in [3.05, 3.63) is 11.6 Å². The third-order valence-corrected chi connectivity index (χ3v) is 17.3. The highest BCUT2D eigenvalue weighted by Crippen LogP contribution is 2.67. The molecule has 4 aliphatic carbocycles. The molecule has 0 aromatic rings. The van der Waals surface area contributed by atoms with Crippen LogP contribution >= 0.6 is 0 Å². The summed E-state index contributed by atoms with van der Waals surface area (Å²) in [6, 6.07) is 3.68. The van der Waals surface area contributed by atoms with E-state index in [2.05, 4.69) is 61.5 Å². The monoisotopic (exact) mass is 516 g/mol. The second-order valence-corrected chi connectivity index (χ2v) is 19.4. The van der Waals surface area contributed by atoms with Gasteiger partial charge in [0.15, 0.2) is 8.32 Å². The number of hydrogen-bond donors (Lipinski definition) is 1. The van der Waals surface area contributed by atoms with Gasteiger partial charge in [0, 0.05) is 6.10 Å². The zero-order valence-corrected chi connectivity index (χ0v) is 26.2. The molecule has 3 fully saturated rings. The molecule has 0 bridgehead atoms. The SMILES string of the molecule is CC[Si](CC)(CC)O[C@H]1CC[C@@]2(C)[C@H](C1)[C@@H](O)C=C1[C@@H]2CC[C@]2(C)[C@@H]([C@H](C)CCCC(C)C)CC[C@@H]12. The Morgan fingerprint density at radius 2 is 1.56 bits per heavy atom. The Kier molecular flexibility index (Phi) is 8.95. The fourth-order valence-electron chi connectivity index (χ4n) is 10.0. The van der Waals surface area contributed by atoms with Crippen LogP contribution in [0.25, 0.3) is 0 Å². The molecule has 3 heteroatoms. The van der Waals surface area contributed by atoms with E-state index in [4.69, 9.17) is 4.43 Å². The fraction of sp³-hybridized carbons (Fsp3) is 0.939. The lowest BCUT2D eigenvalue weighted by Gasteiger charge is -2.59. The third kappa shape index (κ3) is 5.08. The van der Waals surface area contributed by atoms with Gasteiger partial charge in [-0.3, -0.25) is 0 Å². The summed E-state index contributed by atoms with van der Waals surface area (Å²) >= 11 is 0. The smallest absolute Gasteiger partial charge is 0.192 e. The molecule has 0 amide bonds. The summed E-state index contributed by atoms with van der Waals surface area (Å²) in [6.45, 7) is 19.5. The van der Waals surface area contributed by atoms with Crippen molar-refractivity contribution in [1.29, 1.82) is 0 Å². The van der Waals surface area contributed by atoms with Gasteiger partial charge in [0.05, 0.1) is 6.10 Å². The van der Waals surface area contributed by atoms with Crippen LogP contribution in [0.1, 0.15) is 120 Å². The molecule has 3 saturated carbocycles. The Morgan fingerprint density at radius 3 is 2.19 bits per heavy atom. The maximum Gasteiger partial charge on any atom is 0.192 e. The topological polar surface area (TPSA) is 29.5 Å². The van der Waals surface area contributed by atoms with Crippen LogP contribution in [0.4, 0.5) is 0 Å². The van der Waals surface area contributed by atoms with Crippen molar-refractivity contribution < 1.29 is 9.53 Å². The molecule has 0 aromatic carbocycles. The fourth-order valence-corrected chi connectivity index (χ4v) is 12.9. The quantitative estimate of drug-likeness (QED) is 0.231. The first-order valence-electron chi connectivity index (χ1n) is 16.1. The van der Waals surface area contributed by atoms with Gasteiger partial charge < -0.3 is 9.53 Å². The third-order valence-electron chi connectivity index (χ3n) is 12.6. The van der Waals surface area contributed by atoms with Gasteiger partial charge >= 0.3 is 0 Å². The van der Waals surface area contributed by atoms with Gasteiger partial charge in [0.1, 0.15) is 0 Å². The molecule has 0 heterocycles. The minimum atomic E-state index is -1.60. The molecule has 0 saturated heterocycles. The largest absolute Gasteiger partial charge is 0.414 e. The van der Waals surface area contributed by atoms with Crippen LogP contribution in [-0.2, 0) is 4.43 Å². The lowest BCUT2D eigenvalue weighted by Crippen LogP contribution is -2.55. The van der Waals surface area contributed by atoms with E-state index in [0.717, 1.165) is 24.2 Å². The van der Waals surface area contributed by atoms with Gasteiger partial charge in [-0.1, -0.05) is 86.3 Å². The van der Waals surface area contributed by atoms with E-state index in [0.29, 0.717) is 29.3 Å². The van der Waals surface area contributed by atoms with Crippen molar-refractivity contribution in [2.75, 3.05) is 0 Å². The van der Waals surface area contributed by atoms with Crippen LogP contribution in [0.15, 0.2) is 11.6 Å². The molecule has 2 nitrogen and oxygen atoms in total. The molecule has 36 heavy (non-hydrogen) atoms. The average molecular weight is 517 g/mol. The van der Waals surface area contributed by atoms with Crippen LogP contribution in [0.3, 0.4) is 0 Å². The Balaban J connectivity index is 1.50. The second-order valence-electron chi connectivity index (χ2n) is 14.7. The van der Waals surface area contributed by atoms with E-state index < -0.39 is 8.32 Å². The minimum absolute atomic E-state index is 0.251. The first-order chi connectivity index (χ1) is 17.0. The van der Waals surface area contributed by atoms with Crippen LogP contribution < -0.4 is 0 Å². The molecular weight excluding hydrogens is 456 g/mol. The molecule has 0 aromatic heterocycles. The van der Waals surface area contributed by atoms with Crippen LogP contribution in [0, 0.1) is 46.3 Å². The number of allylic oxidation sites excluding steroid dienone is 1. The second kappa shape index (κ2) is 11.2. The van der Waals surface area contributed by atoms with Gasteiger partial charge in [-0.25, -0.2) is 0 Å². The van der Waals surface area contributed by atoms with Gasteiger partial charge in [-0.05, 0) is 109 Å². The highest BCUT2D eigenvalue weighted by Gasteiger charge is 2.59. The molecule has 0 radical (unpaired) electrons. The number of rotatable bonds is 10. The van der Waals surface area contributed by atoms with Crippen LogP contribution in [-0.4, -0.2) is 25.6 Å². The van der Waals surface area contributed by atoms with Crippen molar-refractivity contribution in [2.24, 2.45) is 46.3 Å². The number of aliphatic hydroxyl groups excluding tert-OH is 1. The summed E-state index contributed by atoms with van der Waals surface area (Å²) in [5.74, 6) is 4.28. The summed E-state index contributed by atoms with van der Waals surface area (Å²) in [5.41, 5.74) is 2.38. The summed E-state index contributed by atoms with van der Waals surface area (Å²) < 4.78 is 6.98. The average Bonchev–Trinajstić information content (AvgIpc) is 3.20. The Morgan fingerprint density at radius 1 is 0.917 bits per heavy atom. The zero-order chi connectivity index (χ0) is 26.3. The van der Waals surface area contributed by atoms with E-state index in [9.17, 15) is 5.11 Å². The molecule has 0 unspecified atom stereocenters. The molecule has 0 aliphatic heterocycles. The standard InChI is InChI=1S/C33H60O2Si/c1-9-36(10-2,11-3)35-25-17-19-33(8)29-18-20-32(7)27(24(6)14-12-13-23(4)5)15-16-28(32)26(29)22-31(34)30(33)21-25/h22-25,27-31,34H,9-21H2,1-8H3/t24-,25+,27-,28+,29+,30-,31+,32-,33-/m1/s1. The number of hydrogen-bond acceptors (Lipinski definition) is 2. The maximum atomic E-state index is 11.6. The Hall–Kier alpha value is -0.123. The van der Waals surface area contributed by atoms with Crippen LogP contribution in [0.5, 0.6) is 0 Å². The summed E-state index contributed by atoms with van der Waals surface area (Å²) in [5, 5.41) is 11.6. The van der Waals surface area contributed by atoms with E-state index in [1.807, 2.05) is 0 Å². The van der Waals surface area contributed by atoms with Crippen LogP contribution in [0.2, 0.25) is 18.1 Å². The summed E-state index contributed by atoms with van der Waals surface area (Å²) in [7, 11) is -1.60. The number of aliphatic hydroxyl groups is 1. The first-order valence-corrected chi connectivity index (χ1v) is 18.6. The van der Waals surface area contributed by atoms with Gasteiger partial charge in [-0.15, -0.1) is 0 Å². The van der Waals surface area contributed by atoms with Gasteiger partial charge in [0.2, 0.25) is 0 Å². The highest BCUT2D eigenvalue weighted by atomic mass is 28.4. The minimum Gasteiger partial charge on any atom is -0.414 e. The van der Waals surface area contributed by atoms with E-state index in [1.54, 1.807) is 5.57 Å². The normalized spacial score (nSPS) is 41.4. The highest BCUT2D eigenvalue weighted by molar-refractivity contribution is 6.73. The Labute approximate surface area is 225 Å². The summed E-state index contributed by atoms with van der Waals surface area (Å²) in [6.07, 6.45) is 15.7.